The van der Waals surface area contributed by atoms with Crippen LogP contribution in [0.25, 0.3) is 0 Å². The highest BCUT2D eigenvalue weighted by Crippen LogP contribution is 2.61. The lowest BCUT2D eigenvalue weighted by atomic mass is 9.54. The standard InChI is InChI=1S/C27H32O/c1-19-9-11-23-21(15-19)10-12-24-25-16-22(28-3)18-26(25,2)13-14-27(23,24)17-20-7-5-4-6-8-20/h4-9,11,15,22H,10,12-14,16-18H2,1-3H3/t22-,26-,27+/m0/s1. The Morgan fingerprint density at radius 3 is 2.61 bits per heavy atom. The zero-order valence-electron chi connectivity index (χ0n) is 17.6. The fraction of sp³-hybridized carbons (Fsp3) is 0.481. The number of allylic oxidation sites excluding steroid dienone is 1. The van der Waals surface area contributed by atoms with Gasteiger partial charge in [0.15, 0.2) is 0 Å². The maximum absolute atomic E-state index is 5.85. The van der Waals surface area contributed by atoms with Gasteiger partial charge in [0.05, 0.1) is 6.10 Å². The molecule has 0 saturated heterocycles. The summed E-state index contributed by atoms with van der Waals surface area (Å²) in [5.74, 6) is 0. The Morgan fingerprint density at radius 2 is 1.82 bits per heavy atom. The lowest BCUT2D eigenvalue weighted by Crippen LogP contribution is -2.42. The van der Waals surface area contributed by atoms with E-state index in [0.29, 0.717) is 11.5 Å². The van der Waals surface area contributed by atoms with Crippen LogP contribution in [-0.4, -0.2) is 13.2 Å². The van der Waals surface area contributed by atoms with Gasteiger partial charge in [-0.15, -0.1) is 0 Å². The van der Waals surface area contributed by atoms with Crippen LogP contribution in [-0.2, 0) is 23.0 Å². The molecule has 0 spiro atoms. The van der Waals surface area contributed by atoms with Crippen LogP contribution >= 0.6 is 0 Å². The number of rotatable bonds is 3. The molecule has 3 aliphatic carbocycles. The van der Waals surface area contributed by atoms with Gasteiger partial charge in [0.1, 0.15) is 0 Å². The van der Waals surface area contributed by atoms with Crippen LogP contribution in [0.2, 0.25) is 0 Å². The fourth-order valence-electron chi connectivity index (χ4n) is 6.59. The minimum atomic E-state index is 0.181. The zero-order valence-corrected chi connectivity index (χ0v) is 17.6. The molecule has 3 aliphatic rings. The minimum absolute atomic E-state index is 0.181. The SMILES string of the molecule is CO[C@H]1CC2=C3CCc4cc(C)ccc4[C@]3(Cc3ccccc3)CC[C@@]2(C)C1. The van der Waals surface area contributed by atoms with E-state index in [9.17, 15) is 0 Å². The molecule has 0 radical (unpaired) electrons. The van der Waals surface area contributed by atoms with Crippen LogP contribution < -0.4 is 0 Å². The van der Waals surface area contributed by atoms with Crippen LogP contribution in [0, 0.1) is 12.3 Å². The summed E-state index contributed by atoms with van der Waals surface area (Å²) >= 11 is 0. The van der Waals surface area contributed by atoms with Gasteiger partial charge >= 0.3 is 0 Å². The van der Waals surface area contributed by atoms with Crippen LogP contribution in [0.5, 0.6) is 0 Å². The molecule has 2 aromatic carbocycles. The number of hydrogen-bond donors (Lipinski definition) is 0. The molecular weight excluding hydrogens is 340 g/mol. The number of hydrogen-bond acceptors (Lipinski definition) is 1. The number of fused-ring (bicyclic) bond motifs is 4. The van der Waals surface area contributed by atoms with E-state index in [1.165, 1.54) is 43.2 Å². The molecule has 1 nitrogen and oxygen atoms in total. The van der Waals surface area contributed by atoms with Gasteiger partial charge < -0.3 is 4.74 Å². The van der Waals surface area contributed by atoms with Crippen molar-refractivity contribution < 1.29 is 4.74 Å². The predicted molar refractivity (Wildman–Crippen MR) is 116 cm³/mol. The number of ether oxygens (including phenoxy) is 1. The Hall–Kier alpha value is -1.86. The monoisotopic (exact) mass is 372 g/mol. The van der Waals surface area contributed by atoms with Crippen LogP contribution in [0.1, 0.15) is 61.3 Å². The van der Waals surface area contributed by atoms with Crippen molar-refractivity contribution >= 4 is 0 Å². The van der Waals surface area contributed by atoms with Crippen molar-refractivity contribution in [2.24, 2.45) is 5.41 Å². The maximum Gasteiger partial charge on any atom is 0.0617 e. The summed E-state index contributed by atoms with van der Waals surface area (Å²) in [7, 11) is 1.90. The topological polar surface area (TPSA) is 9.23 Å². The van der Waals surface area contributed by atoms with Gasteiger partial charge in [-0.2, -0.15) is 0 Å². The van der Waals surface area contributed by atoms with Crippen molar-refractivity contribution in [2.45, 2.75) is 70.3 Å². The van der Waals surface area contributed by atoms with Crippen molar-refractivity contribution in [3.05, 3.63) is 81.9 Å². The molecular formula is C27H32O. The zero-order chi connectivity index (χ0) is 19.4. The molecule has 1 saturated carbocycles. The van der Waals surface area contributed by atoms with E-state index in [2.05, 4.69) is 62.4 Å². The second-order valence-corrected chi connectivity index (χ2v) is 9.69. The molecule has 0 bridgehead atoms. The van der Waals surface area contributed by atoms with Gasteiger partial charge in [0, 0.05) is 12.5 Å². The van der Waals surface area contributed by atoms with Gasteiger partial charge in [0.2, 0.25) is 0 Å². The minimum Gasteiger partial charge on any atom is -0.381 e. The maximum atomic E-state index is 5.85. The first-order valence-corrected chi connectivity index (χ1v) is 10.9. The van der Waals surface area contributed by atoms with Crippen LogP contribution in [0.3, 0.4) is 0 Å². The van der Waals surface area contributed by atoms with Crippen LogP contribution in [0.4, 0.5) is 0 Å². The van der Waals surface area contributed by atoms with E-state index in [0.717, 1.165) is 12.8 Å². The molecule has 3 atom stereocenters. The van der Waals surface area contributed by atoms with Gasteiger partial charge in [0.25, 0.3) is 0 Å². The first kappa shape index (κ1) is 18.2. The van der Waals surface area contributed by atoms with Crippen molar-refractivity contribution in [1.82, 2.24) is 0 Å². The summed E-state index contributed by atoms with van der Waals surface area (Å²) in [5.41, 5.74) is 10.1. The molecule has 1 fully saturated rings. The van der Waals surface area contributed by atoms with E-state index in [1.54, 1.807) is 22.3 Å². The number of aryl methyl sites for hydroxylation is 2. The van der Waals surface area contributed by atoms with Crippen molar-refractivity contribution in [3.63, 3.8) is 0 Å². The smallest absolute Gasteiger partial charge is 0.0617 e. The summed E-state index contributed by atoms with van der Waals surface area (Å²) < 4.78 is 5.85. The summed E-state index contributed by atoms with van der Waals surface area (Å²) in [6, 6.07) is 18.4. The Kier molecular flexibility index (Phi) is 4.28. The highest BCUT2D eigenvalue weighted by atomic mass is 16.5. The quantitative estimate of drug-likeness (QED) is 0.572. The van der Waals surface area contributed by atoms with E-state index in [4.69, 9.17) is 4.74 Å². The molecule has 146 valence electrons. The Balaban J connectivity index is 1.70. The van der Waals surface area contributed by atoms with Gasteiger partial charge in [-0.25, -0.2) is 0 Å². The fourth-order valence-corrected chi connectivity index (χ4v) is 6.59. The van der Waals surface area contributed by atoms with Gasteiger partial charge in [-0.05, 0) is 74.0 Å². The summed E-state index contributed by atoms with van der Waals surface area (Å²) in [4.78, 5) is 0. The highest BCUT2D eigenvalue weighted by Gasteiger charge is 2.52. The molecule has 0 N–H and O–H groups in total. The number of benzene rings is 2. The van der Waals surface area contributed by atoms with E-state index in [-0.39, 0.29) is 5.41 Å². The van der Waals surface area contributed by atoms with E-state index >= 15 is 0 Å². The highest BCUT2D eigenvalue weighted by molar-refractivity contribution is 5.53. The lowest BCUT2D eigenvalue weighted by molar-refractivity contribution is 0.0945. The third-order valence-corrected chi connectivity index (χ3v) is 7.99. The Morgan fingerprint density at radius 1 is 1.00 bits per heavy atom. The second kappa shape index (κ2) is 6.59. The molecule has 0 aliphatic heterocycles. The number of methoxy groups -OCH3 is 1. The third-order valence-electron chi connectivity index (χ3n) is 7.99. The summed E-state index contributed by atoms with van der Waals surface area (Å²) in [5, 5.41) is 0. The Labute approximate surface area is 169 Å². The van der Waals surface area contributed by atoms with Crippen molar-refractivity contribution in [3.8, 4) is 0 Å². The molecule has 0 amide bonds. The second-order valence-electron chi connectivity index (χ2n) is 9.69. The molecule has 0 heterocycles. The Bertz CT molecular complexity index is 925. The first-order valence-electron chi connectivity index (χ1n) is 10.9. The molecule has 0 aromatic heterocycles. The van der Waals surface area contributed by atoms with Gasteiger partial charge in [-0.1, -0.05) is 72.2 Å². The largest absolute Gasteiger partial charge is 0.381 e. The summed E-state index contributed by atoms with van der Waals surface area (Å²) in [6.07, 6.45) is 8.85. The first-order chi connectivity index (χ1) is 13.5. The summed E-state index contributed by atoms with van der Waals surface area (Å²) in [6.45, 7) is 4.74. The van der Waals surface area contributed by atoms with Crippen LogP contribution in [0.15, 0.2) is 59.7 Å². The normalized spacial score (nSPS) is 31.3. The van der Waals surface area contributed by atoms with E-state index in [1.807, 2.05) is 7.11 Å². The molecule has 5 rings (SSSR count). The molecule has 0 unspecified atom stereocenters. The van der Waals surface area contributed by atoms with Crippen molar-refractivity contribution in [2.75, 3.05) is 7.11 Å². The average Bonchev–Trinajstić information content (AvgIpc) is 3.05. The van der Waals surface area contributed by atoms with Gasteiger partial charge in [-0.3, -0.25) is 0 Å². The lowest BCUT2D eigenvalue weighted by Gasteiger charge is -2.50. The molecule has 28 heavy (non-hydrogen) atoms. The predicted octanol–water partition coefficient (Wildman–Crippen LogP) is 6.33. The van der Waals surface area contributed by atoms with E-state index < -0.39 is 0 Å². The van der Waals surface area contributed by atoms with Crippen molar-refractivity contribution in [1.29, 1.82) is 0 Å². The average molecular weight is 373 g/mol. The third kappa shape index (κ3) is 2.70. The molecule has 2 aromatic rings. The molecule has 1 heteroatoms.